The number of aromatic nitrogens is 4. The van der Waals surface area contributed by atoms with E-state index in [0.717, 1.165) is 11.4 Å². The standard InChI is InChI=1S/C15H23N5O3/c1-6-19(8-14-16-13(9-22-5)18-23-14)15(21)12(4)20-11(3)7-10(2)17-20/h7,12H,6,8-9H2,1-5H3/t12-/m0/s1. The van der Waals surface area contributed by atoms with E-state index in [1.807, 2.05) is 33.8 Å². The average molecular weight is 321 g/mol. The molecule has 0 aliphatic rings. The van der Waals surface area contributed by atoms with Crippen molar-refractivity contribution in [3.63, 3.8) is 0 Å². The summed E-state index contributed by atoms with van der Waals surface area (Å²) in [6.07, 6.45) is 0. The molecule has 0 bridgehead atoms. The third-order valence-corrected chi connectivity index (χ3v) is 3.57. The number of amides is 1. The molecule has 0 fully saturated rings. The molecule has 0 aromatic carbocycles. The highest BCUT2D eigenvalue weighted by atomic mass is 16.5. The number of hydrogen-bond donors (Lipinski definition) is 0. The van der Waals surface area contributed by atoms with E-state index in [0.29, 0.717) is 18.3 Å². The van der Waals surface area contributed by atoms with Gasteiger partial charge in [-0.15, -0.1) is 0 Å². The minimum absolute atomic E-state index is 0.0369. The van der Waals surface area contributed by atoms with Crippen LogP contribution in [0.5, 0.6) is 0 Å². The molecule has 126 valence electrons. The predicted molar refractivity (Wildman–Crippen MR) is 82.5 cm³/mol. The summed E-state index contributed by atoms with van der Waals surface area (Å²) in [7, 11) is 1.56. The van der Waals surface area contributed by atoms with Crippen LogP contribution in [0.2, 0.25) is 0 Å². The SMILES string of the molecule is CCN(Cc1nc(COC)no1)C(=O)[C@H](C)n1nc(C)cc1C. The van der Waals surface area contributed by atoms with Crippen LogP contribution in [0.3, 0.4) is 0 Å². The molecule has 1 atom stereocenters. The monoisotopic (exact) mass is 321 g/mol. The zero-order chi connectivity index (χ0) is 17.0. The molecule has 2 aromatic heterocycles. The summed E-state index contributed by atoms with van der Waals surface area (Å²) in [6.45, 7) is 8.71. The number of nitrogens with zero attached hydrogens (tertiary/aromatic N) is 5. The molecule has 2 rings (SSSR count). The van der Waals surface area contributed by atoms with Gasteiger partial charge in [0, 0.05) is 19.3 Å². The predicted octanol–water partition coefficient (Wildman–Crippen LogP) is 1.64. The summed E-state index contributed by atoms with van der Waals surface area (Å²) in [5, 5.41) is 8.19. The van der Waals surface area contributed by atoms with E-state index in [1.165, 1.54) is 0 Å². The third kappa shape index (κ3) is 3.95. The van der Waals surface area contributed by atoms with E-state index in [9.17, 15) is 4.79 Å². The van der Waals surface area contributed by atoms with Crippen molar-refractivity contribution in [1.82, 2.24) is 24.8 Å². The van der Waals surface area contributed by atoms with Crippen molar-refractivity contribution in [2.75, 3.05) is 13.7 Å². The number of carbonyl (C=O) groups is 1. The van der Waals surface area contributed by atoms with Crippen molar-refractivity contribution in [3.05, 3.63) is 29.2 Å². The Bertz CT molecular complexity index is 664. The second kappa shape index (κ2) is 7.36. The zero-order valence-electron chi connectivity index (χ0n) is 14.2. The Morgan fingerprint density at radius 3 is 2.78 bits per heavy atom. The van der Waals surface area contributed by atoms with Crippen LogP contribution in [-0.4, -0.2) is 44.4 Å². The topological polar surface area (TPSA) is 86.3 Å². The normalized spacial score (nSPS) is 12.4. The van der Waals surface area contributed by atoms with Crippen molar-refractivity contribution >= 4 is 5.91 Å². The van der Waals surface area contributed by atoms with E-state index >= 15 is 0 Å². The lowest BCUT2D eigenvalue weighted by atomic mass is 10.2. The van der Waals surface area contributed by atoms with Gasteiger partial charge in [-0.1, -0.05) is 5.16 Å². The molecule has 0 aliphatic heterocycles. The Kier molecular flexibility index (Phi) is 5.49. The summed E-state index contributed by atoms with van der Waals surface area (Å²) in [6, 6.07) is 1.57. The number of methoxy groups -OCH3 is 1. The van der Waals surface area contributed by atoms with Crippen LogP contribution in [0.1, 0.15) is 43.0 Å². The van der Waals surface area contributed by atoms with E-state index in [1.54, 1.807) is 16.7 Å². The summed E-state index contributed by atoms with van der Waals surface area (Å²) in [5.41, 5.74) is 1.85. The van der Waals surface area contributed by atoms with Gasteiger partial charge in [0.2, 0.25) is 11.8 Å². The summed E-state index contributed by atoms with van der Waals surface area (Å²) < 4.78 is 11.9. The first-order chi connectivity index (χ1) is 11.0. The van der Waals surface area contributed by atoms with Gasteiger partial charge in [-0.05, 0) is 33.8 Å². The van der Waals surface area contributed by atoms with Crippen LogP contribution in [0.25, 0.3) is 0 Å². The maximum atomic E-state index is 12.7. The largest absolute Gasteiger partial charge is 0.377 e. The third-order valence-electron chi connectivity index (χ3n) is 3.57. The Labute approximate surface area is 135 Å². The number of aryl methyl sites for hydroxylation is 2. The molecule has 0 spiro atoms. The molecule has 0 N–H and O–H groups in total. The van der Waals surface area contributed by atoms with E-state index < -0.39 is 0 Å². The average Bonchev–Trinajstić information content (AvgIpc) is 3.09. The molecule has 0 saturated carbocycles. The number of ether oxygens (including phenoxy) is 1. The van der Waals surface area contributed by atoms with Crippen LogP contribution in [-0.2, 0) is 22.7 Å². The molecule has 0 saturated heterocycles. The molecule has 2 heterocycles. The first kappa shape index (κ1) is 17.1. The molecule has 1 amide bonds. The van der Waals surface area contributed by atoms with Crippen molar-refractivity contribution < 1.29 is 14.1 Å². The Morgan fingerprint density at radius 1 is 1.48 bits per heavy atom. The lowest BCUT2D eigenvalue weighted by molar-refractivity contribution is -0.135. The lowest BCUT2D eigenvalue weighted by Gasteiger charge is -2.23. The van der Waals surface area contributed by atoms with Gasteiger partial charge >= 0.3 is 0 Å². The summed E-state index contributed by atoms with van der Waals surface area (Å²) in [5.74, 6) is 0.829. The zero-order valence-corrected chi connectivity index (χ0v) is 14.2. The fourth-order valence-electron chi connectivity index (χ4n) is 2.46. The first-order valence-electron chi connectivity index (χ1n) is 7.58. The molecular weight excluding hydrogens is 298 g/mol. The highest BCUT2D eigenvalue weighted by molar-refractivity contribution is 5.80. The maximum absolute atomic E-state index is 12.7. The molecule has 2 aromatic rings. The molecule has 23 heavy (non-hydrogen) atoms. The second-order valence-electron chi connectivity index (χ2n) is 5.44. The summed E-state index contributed by atoms with van der Waals surface area (Å²) >= 11 is 0. The molecular formula is C15H23N5O3. The number of likely N-dealkylation sites (N-methyl/N-ethyl adjacent to an activating group) is 1. The van der Waals surface area contributed by atoms with Crippen molar-refractivity contribution in [2.45, 2.75) is 46.9 Å². The quantitative estimate of drug-likeness (QED) is 0.770. The van der Waals surface area contributed by atoms with Gasteiger partial charge in [-0.2, -0.15) is 10.1 Å². The Balaban J connectivity index is 2.09. The summed E-state index contributed by atoms with van der Waals surface area (Å²) in [4.78, 5) is 18.6. The minimum Gasteiger partial charge on any atom is -0.377 e. The Hall–Kier alpha value is -2.22. The van der Waals surface area contributed by atoms with Crippen molar-refractivity contribution in [3.8, 4) is 0 Å². The van der Waals surface area contributed by atoms with Gasteiger partial charge < -0.3 is 14.2 Å². The molecule has 0 radical (unpaired) electrons. The van der Waals surface area contributed by atoms with Crippen LogP contribution in [0, 0.1) is 13.8 Å². The number of hydrogen-bond acceptors (Lipinski definition) is 6. The molecule has 8 heteroatoms. The smallest absolute Gasteiger partial charge is 0.247 e. The second-order valence-corrected chi connectivity index (χ2v) is 5.44. The fraction of sp³-hybridized carbons (Fsp3) is 0.600. The minimum atomic E-state index is -0.384. The van der Waals surface area contributed by atoms with Gasteiger partial charge in [0.05, 0.1) is 5.69 Å². The van der Waals surface area contributed by atoms with E-state index in [4.69, 9.17) is 9.26 Å². The number of rotatable bonds is 7. The fourth-order valence-corrected chi connectivity index (χ4v) is 2.46. The first-order valence-corrected chi connectivity index (χ1v) is 7.58. The van der Waals surface area contributed by atoms with Gasteiger partial charge in [0.15, 0.2) is 5.82 Å². The highest BCUT2D eigenvalue weighted by Crippen LogP contribution is 2.15. The van der Waals surface area contributed by atoms with Gasteiger partial charge in [0.1, 0.15) is 19.2 Å². The van der Waals surface area contributed by atoms with Crippen LogP contribution in [0.4, 0.5) is 0 Å². The van der Waals surface area contributed by atoms with E-state index in [-0.39, 0.29) is 25.1 Å². The molecule has 0 aliphatic carbocycles. The van der Waals surface area contributed by atoms with Crippen molar-refractivity contribution in [2.24, 2.45) is 0 Å². The molecule has 8 nitrogen and oxygen atoms in total. The number of carbonyl (C=O) groups excluding carboxylic acids is 1. The highest BCUT2D eigenvalue weighted by Gasteiger charge is 2.24. The van der Waals surface area contributed by atoms with Gasteiger partial charge in [-0.25, -0.2) is 0 Å². The van der Waals surface area contributed by atoms with E-state index in [2.05, 4.69) is 15.2 Å². The van der Waals surface area contributed by atoms with Crippen LogP contribution in [0.15, 0.2) is 10.6 Å². The maximum Gasteiger partial charge on any atom is 0.247 e. The van der Waals surface area contributed by atoms with Crippen LogP contribution >= 0.6 is 0 Å². The van der Waals surface area contributed by atoms with Crippen molar-refractivity contribution in [1.29, 1.82) is 0 Å². The lowest BCUT2D eigenvalue weighted by Crippen LogP contribution is -2.36. The van der Waals surface area contributed by atoms with Crippen LogP contribution < -0.4 is 0 Å². The van der Waals surface area contributed by atoms with Gasteiger partial charge in [0.25, 0.3) is 0 Å². The van der Waals surface area contributed by atoms with Gasteiger partial charge in [-0.3, -0.25) is 9.48 Å². The molecule has 0 unspecified atom stereocenters. The Morgan fingerprint density at radius 2 is 2.22 bits per heavy atom.